The summed E-state index contributed by atoms with van der Waals surface area (Å²) in [7, 11) is 2.20. The van der Waals surface area contributed by atoms with Gasteiger partial charge in [0.05, 0.1) is 11.0 Å². The summed E-state index contributed by atoms with van der Waals surface area (Å²) in [5.74, 6) is 0.353. The Morgan fingerprint density at radius 1 is 1.15 bits per heavy atom. The summed E-state index contributed by atoms with van der Waals surface area (Å²) in [5.41, 5.74) is 0.541. The van der Waals surface area contributed by atoms with E-state index in [1.165, 1.54) is 11.1 Å². The number of aryl methyl sites for hydroxylation is 1. The molecule has 2 fully saturated rings. The van der Waals surface area contributed by atoms with Crippen LogP contribution in [0.25, 0.3) is 0 Å². The number of fused-ring (bicyclic) bond motifs is 1. The number of aromatic hydroxyl groups is 1. The molecule has 0 radical (unpaired) electrons. The topological polar surface area (TPSA) is 73.2 Å². The molecular weight excluding hydrogens is 426 g/mol. The van der Waals surface area contributed by atoms with Gasteiger partial charge in [-0.3, -0.25) is 0 Å². The Labute approximate surface area is 200 Å². The fourth-order valence-electron chi connectivity index (χ4n) is 8.69. The number of likely N-dealkylation sites (N-methyl/N-ethyl adjacent to an activating group) is 1. The lowest BCUT2D eigenvalue weighted by Crippen LogP contribution is -2.80. The molecule has 5 nitrogen and oxygen atoms in total. The SMILES string of the molecule is CN1CC[C@]23c4c5ccc(O)c4O[C@H]2[C@@]2(O)C=C[C@@]3(C[C@@H]2[C@](C)(O)CCc2ccccc2)[C@H]1C5. The monoisotopic (exact) mass is 459 g/mol. The molecule has 8 rings (SSSR count). The molecule has 34 heavy (non-hydrogen) atoms. The largest absolute Gasteiger partial charge is 0.504 e. The van der Waals surface area contributed by atoms with Crippen LogP contribution in [0.4, 0.5) is 0 Å². The fraction of sp³-hybridized carbons (Fsp3) is 0.517. The van der Waals surface area contributed by atoms with Crippen molar-refractivity contribution in [3.63, 3.8) is 0 Å². The molecule has 178 valence electrons. The smallest absolute Gasteiger partial charge is 0.165 e. The summed E-state index contributed by atoms with van der Waals surface area (Å²) in [6.07, 6.45) is 7.49. The van der Waals surface area contributed by atoms with Gasteiger partial charge in [0.2, 0.25) is 0 Å². The quantitative estimate of drug-likeness (QED) is 0.612. The number of ether oxygens (including phenoxy) is 1. The Morgan fingerprint density at radius 3 is 2.74 bits per heavy atom. The second-order valence-electron chi connectivity index (χ2n) is 11.7. The minimum Gasteiger partial charge on any atom is -0.504 e. The molecule has 2 spiro atoms. The second-order valence-corrected chi connectivity index (χ2v) is 11.7. The normalized spacial score (nSPS) is 40.5. The predicted octanol–water partition coefficient (Wildman–Crippen LogP) is 3.34. The second kappa shape index (κ2) is 6.45. The molecule has 7 atom stereocenters. The minimum absolute atomic E-state index is 0.158. The van der Waals surface area contributed by atoms with Crippen molar-refractivity contribution in [2.45, 2.75) is 67.8 Å². The Bertz CT molecular complexity index is 1210. The molecule has 2 aliphatic heterocycles. The highest BCUT2D eigenvalue weighted by Gasteiger charge is 2.79. The molecule has 4 aliphatic carbocycles. The molecule has 2 aromatic carbocycles. The fourth-order valence-corrected chi connectivity index (χ4v) is 8.69. The van der Waals surface area contributed by atoms with E-state index in [1.54, 1.807) is 6.07 Å². The van der Waals surface area contributed by atoms with Crippen LogP contribution < -0.4 is 4.74 Å². The van der Waals surface area contributed by atoms with Crippen LogP contribution in [0.3, 0.4) is 0 Å². The number of hydrogen-bond donors (Lipinski definition) is 3. The molecule has 6 aliphatic rings. The number of rotatable bonds is 4. The van der Waals surface area contributed by atoms with E-state index in [2.05, 4.69) is 30.2 Å². The average Bonchev–Trinajstić information content (AvgIpc) is 3.20. The number of phenols is 1. The van der Waals surface area contributed by atoms with Crippen molar-refractivity contribution in [2.24, 2.45) is 11.3 Å². The molecule has 0 aromatic heterocycles. The van der Waals surface area contributed by atoms with E-state index in [9.17, 15) is 15.3 Å². The van der Waals surface area contributed by atoms with Gasteiger partial charge in [-0.15, -0.1) is 0 Å². The van der Waals surface area contributed by atoms with E-state index in [4.69, 9.17) is 4.74 Å². The van der Waals surface area contributed by atoms with Gasteiger partial charge in [-0.1, -0.05) is 48.6 Å². The zero-order chi connectivity index (χ0) is 23.5. The molecule has 4 bridgehead atoms. The molecule has 1 saturated heterocycles. The maximum absolute atomic E-state index is 12.4. The number of likely N-dealkylation sites (tertiary alicyclic amines) is 1. The van der Waals surface area contributed by atoms with Crippen LogP contribution in [0, 0.1) is 11.3 Å². The number of piperidine rings is 1. The van der Waals surface area contributed by atoms with Crippen molar-refractivity contribution < 1.29 is 20.1 Å². The van der Waals surface area contributed by atoms with Gasteiger partial charge in [-0.2, -0.15) is 0 Å². The third-order valence-electron chi connectivity index (χ3n) is 10.3. The first-order valence-corrected chi connectivity index (χ1v) is 12.6. The maximum Gasteiger partial charge on any atom is 0.165 e. The van der Waals surface area contributed by atoms with E-state index in [0.717, 1.165) is 31.4 Å². The third kappa shape index (κ3) is 2.27. The van der Waals surface area contributed by atoms with Gasteiger partial charge in [0.15, 0.2) is 11.5 Å². The van der Waals surface area contributed by atoms with E-state index < -0.39 is 17.3 Å². The highest BCUT2D eigenvalue weighted by molar-refractivity contribution is 5.65. The van der Waals surface area contributed by atoms with E-state index >= 15 is 0 Å². The third-order valence-corrected chi connectivity index (χ3v) is 10.3. The first-order chi connectivity index (χ1) is 16.2. The number of benzene rings is 2. The number of phenolic OH excluding ortho intramolecular Hbond substituents is 1. The summed E-state index contributed by atoms with van der Waals surface area (Å²) in [6.45, 7) is 2.82. The molecule has 2 heterocycles. The molecule has 0 amide bonds. The van der Waals surface area contributed by atoms with Crippen LogP contribution in [0.2, 0.25) is 0 Å². The van der Waals surface area contributed by atoms with Crippen LogP contribution >= 0.6 is 0 Å². The standard InChI is InChI=1S/C29H33NO4/c1-26(32,11-10-18-6-4-3-5-7-18)21-17-27-12-13-29(21,33)25-28(27)14-15-30(2)22(27)16-19-8-9-20(31)24(34-25)23(19)28/h3-9,12-13,21-22,25,31-33H,10-11,14-17H2,1-2H3/t21-,22-,25-,26-,27-,28+,29-/m1/s1. The van der Waals surface area contributed by atoms with Crippen molar-refractivity contribution in [1.29, 1.82) is 0 Å². The molecule has 1 saturated carbocycles. The van der Waals surface area contributed by atoms with Crippen molar-refractivity contribution in [2.75, 3.05) is 13.6 Å². The molecule has 2 aromatic rings. The zero-order valence-corrected chi connectivity index (χ0v) is 19.9. The van der Waals surface area contributed by atoms with Crippen LogP contribution in [0.15, 0.2) is 54.6 Å². The summed E-state index contributed by atoms with van der Waals surface area (Å²) >= 11 is 0. The highest BCUT2D eigenvalue weighted by atomic mass is 16.5. The first kappa shape index (κ1) is 21.0. The highest BCUT2D eigenvalue weighted by Crippen LogP contribution is 2.74. The van der Waals surface area contributed by atoms with Gasteiger partial charge >= 0.3 is 0 Å². The Kier molecular flexibility index (Phi) is 3.98. The van der Waals surface area contributed by atoms with Gasteiger partial charge in [0.25, 0.3) is 0 Å². The molecule has 0 unspecified atom stereocenters. The lowest BCUT2D eigenvalue weighted by atomic mass is 9.36. The summed E-state index contributed by atoms with van der Waals surface area (Å²) in [6, 6.07) is 14.3. The predicted molar refractivity (Wildman–Crippen MR) is 129 cm³/mol. The van der Waals surface area contributed by atoms with Crippen LogP contribution in [0.5, 0.6) is 11.5 Å². The average molecular weight is 460 g/mol. The molecule has 3 N–H and O–H groups in total. The molecular formula is C29H33NO4. The summed E-state index contributed by atoms with van der Waals surface area (Å²) in [4.78, 5) is 2.46. The van der Waals surface area contributed by atoms with E-state index in [1.807, 2.05) is 37.3 Å². The van der Waals surface area contributed by atoms with Crippen molar-refractivity contribution in [3.05, 3.63) is 71.3 Å². The van der Waals surface area contributed by atoms with Crippen molar-refractivity contribution >= 4 is 0 Å². The number of hydrogen-bond acceptors (Lipinski definition) is 5. The van der Waals surface area contributed by atoms with Crippen LogP contribution in [-0.4, -0.2) is 57.2 Å². The van der Waals surface area contributed by atoms with Gasteiger partial charge in [0, 0.05) is 22.9 Å². The number of aliphatic hydroxyl groups is 2. The Morgan fingerprint density at radius 2 is 1.94 bits per heavy atom. The van der Waals surface area contributed by atoms with Crippen LogP contribution in [-0.2, 0) is 18.3 Å². The van der Waals surface area contributed by atoms with Gasteiger partial charge < -0.3 is 25.0 Å². The van der Waals surface area contributed by atoms with E-state index in [0.29, 0.717) is 18.6 Å². The summed E-state index contributed by atoms with van der Waals surface area (Å²) in [5, 5.41) is 35.1. The van der Waals surface area contributed by atoms with Crippen molar-refractivity contribution in [1.82, 2.24) is 4.90 Å². The molecule has 5 heteroatoms. The lowest BCUT2D eigenvalue weighted by Gasteiger charge is -2.71. The maximum atomic E-state index is 12.4. The Balaban J connectivity index is 1.36. The van der Waals surface area contributed by atoms with Gasteiger partial charge in [-0.05, 0) is 69.8 Å². The van der Waals surface area contributed by atoms with E-state index in [-0.39, 0.29) is 28.5 Å². The Hall–Kier alpha value is -2.34. The van der Waals surface area contributed by atoms with Crippen molar-refractivity contribution in [3.8, 4) is 11.5 Å². The van der Waals surface area contributed by atoms with Crippen LogP contribution in [0.1, 0.15) is 42.9 Å². The van der Waals surface area contributed by atoms with Gasteiger partial charge in [-0.25, -0.2) is 0 Å². The zero-order valence-electron chi connectivity index (χ0n) is 19.9. The van der Waals surface area contributed by atoms with Gasteiger partial charge in [0.1, 0.15) is 11.7 Å². The first-order valence-electron chi connectivity index (χ1n) is 12.6. The number of nitrogens with zero attached hydrogens (tertiary/aromatic N) is 1. The summed E-state index contributed by atoms with van der Waals surface area (Å²) < 4.78 is 6.58. The minimum atomic E-state index is -1.30. The lowest BCUT2D eigenvalue weighted by molar-refractivity contribution is -0.238.